The molecule has 0 aromatic heterocycles. The smallest absolute Gasteiger partial charge is 0.422 e. The Morgan fingerprint density at radius 2 is 1.80 bits per heavy atom. The second-order valence-electron chi connectivity index (χ2n) is 2.56. The van der Waals surface area contributed by atoms with E-state index < -0.39 is 11.9 Å². The molecule has 80 valence electrons. The highest BCUT2D eigenvalue weighted by atomic mass is 35.5. The molecule has 0 heterocycles. The second kappa shape index (κ2) is 5.36. The third-order valence-corrected chi connectivity index (χ3v) is 1.72. The topological polar surface area (TPSA) is 52.6 Å². The van der Waals surface area contributed by atoms with Gasteiger partial charge in [0.25, 0.3) is 0 Å². The Balaban J connectivity index is 2.58. The molecule has 15 heavy (non-hydrogen) atoms. The minimum absolute atomic E-state index is 0.133. The van der Waals surface area contributed by atoms with Gasteiger partial charge in [-0.25, -0.2) is 9.59 Å². The average Bonchev–Trinajstić information content (AvgIpc) is 2.22. The predicted molar refractivity (Wildman–Crippen MR) is 53.7 cm³/mol. The van der Waals surface area contributed by atoms with Crippen LogP contribution in [0.15, 0.2) is 24.3 Å². The van der Waals surface area contributed by atoms with E-state index in [1.165, 1.54) is 12.1 Å². The van der Waals surface area contributed by atoms with Crippen LogP contribution in [0, 0.1) is 0 Å². The van der Waals surface area contributed by atoms with Crippen LogP contribution in [0.5, 0.6) is 5.75 Å². The normalized spacial score (nSPS) is 9.47. The number of hydrogen-bond donors (Lipinski definition) is 0. The minimum atomic E-state index is -1.04. The summed E-state index contributed by atoms with van der Waals surface area (Å²) in [5.41, 5.74) is 0. The van der Waals surface area contributed by atoms with Crippen LogP contribution < -0.4 is 4.74 Å². The van der Waals surface area contributed by atoms with Crippen molar-refractivity contribution in [2.75, 3.05) is 6.61 Å². The lowest BCUT2D eigenvalue weighted by Crippen LogP contribution is -2.22. The molecular formula is C10H9ClO4. The van der Waals surface area contributed by atoms with Crippen LogP contribution in [-0.2, 0) is 14.3 Å². The molecule has 0 aliphatic carbocycles. The molecule has 0 N–H and O–H groups in total. The van der Waals surface area contributed by atoms with Crippen molar-refractivity contribution in [3.8, 4) is 5.75 Å². The number of ether oxygens (including phenoxy) is 2. The van der Waals surface area contributed by atoms with E-state index in [1.54, 1.807) is 19.1 Å². The molecule has 4 nitrogen and oxygen atoms in total. The van der Waals surface area contributed by atoms with Gasteiger partial charge in [-0.3, -0.25) is 0 Å². The van der Waals surface area contributed by atoms with Gasteiger partial charge < -0.3 is 9.47 Å². The van der Waals surface area contributed by atoms with Crippen molar-refractivity contribution >= 4 is 23.5 Å². The van der Waals surface area contributed by atoms with Crippen molar-refractivity contribution in [2.24, 2.45) is 0 Å². The molecule has 1 aromatic carbocycles. The molecule has 0 saturated heterocycles. The number of benzene rings is 1. The van der Waals surface area contributed by atoms with Crippen molar-refractivity contribution in [3.63, 3.8) is 0 Å². The summed E-state index contributed by atoms with van der Waals surface area (Å²) >= 11 is 5.63. The fourth-order valence-corrected chi connectivity index (χ4v) is 0.967. The lowest BCUT2D eigenvalue weighted by molar-refractivity contribution is -0.161. The van der Waals surface area contributed by atoms with E-state index in [4.69, 9.17) is 16.3 Å². The van der Waals surface area contributed by atoms with E-state index in [1.807, 2.05) is 0 Å². The van der Waals surface area contributed by atoms with E-state index in [9.17, 15) is 9.59 Å². The summed E-state index contributed by atoms with van der Waals surface area (Å²) in [6.07, 6.45) is 0. The third kappa shape index (κ3) is 3.59. The van der Waals surface area contributed by atoms with Crippen LogP contribution in [0.4, 0.5) is 0 Å². The van der Waals surface area contributed by atoms with E-state index >= 15 is 0 Å². The first-order valence-electron chi connectivity index (χ1n) is 4.28. The fourth-order valence-electron chi connectivity index (χ4n) is 0.841. The predicted octanol–water partition coefficient (Wildman–Crippen LogP) is 1.81. The molecule has 0 saturated carbocycles. The van der Waals surface area contributed by atoms with Gasteiger partial charge in [0.2, 0.25) is 0 Å². The summed E-state index contributed by atoms with van der Waals surface area (Å²) in [4.78, 5) is 21.9. The number of rotatable bonds is 2. The van der Waals surface area contributed by atoms with Gasteiger partial charge in [-0.05, 0) is 31.2 Å². The van der Waals surface area contributed by atoms with Crippen molar-refractivity contribution in [3.05, 3.63) is 29.3 Å². The number of halogens is 1. The van der Waals surface area contributed by atoms with Crippen molar-refractivity contribution in [1.82, 2.24) is 0 Å². The maximum absolute atomic E-state index is 11.1. The van der Waals surface area contributed by atoms with Crippen LogP contribution in [0.2, 0.25) is 5.02 Å². The Labute approximate surface area is 91.7 Å². The maximum atomic E-state index is 11.1. The van der Waals surface area contributed by atoms with Crippen LogP contribution in [-0.4, -0.2) is 18.5 Å². The molecule has 0 unspecified atom stereocenters. The van der Waals surface area contributed by atoms with Gasteiger partial charge in [-0.2, -0.15) is 0 Å². The lowest BCUT2D eigenvalue weighted by atomic mass is 10.3. The Bertz CT molecular complexity index is 358. The Kier molecular flexibility index (Phi) is 4.12. The highest BCUT2D eigenvalue weighted by Gasteiger charge is 2.17. The summed E-state index contributed by atoms with van der Waals surface area (Å²) in [5.74, 6) is -1.80. The van der Waals surface area contributed by atoms with Crippen LogP contribution in [0.1, 0.15) is 6.92 Å². The average molecular weight is 229 g/mol. The SMILES string of the molecule is CCOC(=O)C(=O)Oc1ccc(Cl)cc1. The van der Waals surface area contributed by atoms with Gasteiger partial charge in [0.1, 0.15) is 5.75 Å². The molecule has 0 amide bonds. The van der Waals surface area contributed by atoms with Gasteiger partial charge in [0, 0.05) is 5.02 Å². The van der Waals surface area contributed by atoms with Crippen LogP contribution >= 0.6 is 11.6 Å². The Hall–Kier alpha value is -1.55. The van der Waals surface area contributed by atoms with Gasteiger partial charge in [0.05, 0.1) is 6.61 Å². The maximum Gasteiger partial charge on any atom is 0.422 e. The Morgan fingerprint density at radius 1 is 1.20 bits per heavy atom. The molecule has 0 radical (unpaired) electrons. The summed E-state index contributed by atoms with van der Waals surface area (Å²) in [6, 6.07) is 6.07. The lowest BCUT2D eigenvalue weighted by Gasteiger charge is -2.03. The van der Waals surface area contributed by atoms with E-state index in [0.29, 0.717) is 5.02 Å². The number of carbonyl (C=O) groups excluding carboxylic acids is 2. The number of carbonyl (C=O) groups is 2. The highest BCUT2D eigenvalue weighted by molar-refractivity contribution is 6.31. The van der Waals surface area contributed by atoms with E-state index in [-0.39, 0.29) is 12.4 Å². The van der Waals surface area contributed by atoms with Gasteiger partial charge in [-0.1, -0.05) is 11.6 Å². The van der Waals surface area contributed by atoms with Crippen LogP contribution in [0.25, 0.3) is 0 Å². The monoisotopic (exact) mass is 228 g/mol. The number of esters is 2. The zero-order chi connectivity index (χ0) is 11.3. The van der Waals surface area contributed by atoms with Crippen molar-refractivity contribution in [2.45, 2.75) is 6.92 Å². The molecule has 1 rings (SSSR count). The molecule has 0 spiro atoms. The molecule has 0 bridgehead atoms. The molecule has 0 fully saturated rings. The molecule has 5 heteroatoms. The first-order chi connectivity index (χ1) is 7.13. The zero-order valence-electron chi connectivity index (χ0n) is 8.03. The molecule has 0 aliphatic rings. The quantitative estimate of drug-likeness (QED) is 0.440. The summed E-state index contributed by atoms with van der Waals surface area (Å²) in [7, 11) is 0. The van der Waals surface area contributed by atoms with Crippen molar-refractivity contribution < 1.29 is 19.1 Å². The summed E-state index contributed by atoms with van der Waals surface area (Å²) in [5, 5.41) is 0.519. The minimum Gasteiger partial charge on any atom is -0.458 e. The van der Waals surface area contributed by atoms with Crippen LogP contribution in [0.3, 0.4) is 0 Å². The molecular weight excluding hydrogens is 220 g/mol. The third-order valence-electron chi connectivity index (χ3n) is 1.47. The van der Waals surface area contributed by atoms with Crippen molar-refractivity contribution in [1.29, 1.82) is 0 Å². The van der Waals surface area contributed by atoms with E-state index in [0.717, 1.165) is 0 Å². The highest BCUT2D eigenvalue weighted by Crippen LogP contribution is 2.15. The standard InChI is InChI=1S/C10H9ClO4/c1-2-14-9(12)10(13)15-8-5-3-7(11)4-6-8/h3-6H,2H2,1H3. The molecule has 0 aliphatic heterocycles. The summed E-state index contributed by atoms with van der Waals surface area (Å²) < 4.78 is 9.17. The van der Waals surface area contributed by atoms with Gasteiger partial charge in [0.15, 0.2) is 0 Å². The molecule has 0 atom stereocenters. The second-order valence-corrected chi connectivity index (χ2v) is 3.00. The Morgan fingerprint density at radius 3 is 2.33 bits per heavy atom. The molecule has 1 aromatic rings. The number of hydrogen-bond acceptors (Lipinski definition) is 4. The summed E-state index contributed by atoms with van der Waals surface area (Å²) in [6.45, 7) is 1.74. The van der Waals surface area contributed by atoms with Gasteiger partial charge >= 0.3 is 11.9 Å². The first kappa shape index (κ1) is 11.5. The largest absolute Gasteiger partial charge is 0.458 e. The fraction of sp³-hybridized carbons (Fsp3) is 0.200. The zero-order valence-corrected chi connectivity index (χ0v) is 8.78. The first-order valence-corrected chi connectivity index (χ1v) is 4.65. The van der Waals surface area contributed by atoms with E-state index in [2.05, 4.69) is 4.74 Å². The van der Waals surface area contributed by atoms with Gasteiger partial charge in [-0.15, -0.1) is 0 Å².